The van der Waals surface area contributed by atoms with Gasteiger partial charge in [0, 0.05) is 30.2 Å². The van der Waals surface area contributed by atoms with Crippen LogP contribution in [0.25, 0.3) is 0 Å². The minimum Gasteiger partial charge on any atom is -0.336 e. The molecule has 0 radical (unpaired) electrons. The summed E-state index contributed by atoms with van der Waals surface area (Å²) in [7, 11) is 1.87. The van der Waals surface area contributed by atoms with Crippen LogP contribution in [0.2, 0.25) is 0 Å². The molecule has 17 heavy (non-hydrogen) atoms. The van der Waals surface area contributed by atoms with Crippen LogP contribution in [0.1, 0.15) is 15.9 Å². The third kappa shape index (κ3) is 3.00. The first-order valence-corrected chi connectivity index (χ1v) is 6.13. The molecule has 0 atom stereocenters. The van der Waals surface area contributed by atoms with Crippen LogP contribution in [0.3, 0.4) is 0 Å². The summed E-state index contributed by atoms with van der Waals surface area (Å²) >= 11 is 3.40. The van der Waals surface area contributed by atoms with Crippen molar-refractivity contribution in [1.82, 2.24) is 10.2 Å². The van der Waals surface area contributed by atoms with Gasteiger partial charge in [-0.2, -0.15) is 0 Å². The molecule has 0 saturated carbocycles. The van der Waals surface area contributed by atoms with Crippen molar-refractivity contribution in [2.75, 3.05) is 20.1 Å². The van der Waals surface area contributed by atoms with Gasteiger partial charge in [-0.15, -0.1) is 12.4 Å². The van der Waals surface area contributed by atoms with E-state index in [2.05, 4.69) is 21.2 Å². The minimum absolute atomic E-state index is 0. The van der Waals surface area contributed by atoms with Crippen molar-refractivity contribution in [3.05, 3.63) is 33.8 Å². The number of halogens is 2. The fourth-order valence-electron chi connectivity index (χ4n) is 1.73. The lowest BCUT2D eigenvalue weighted by molar-refractivity contribution is 0.0680. The Kier molecular flexibility index (Phi) is 4.98. The van der Waals surface area contributed by atoms with E-state index < -0.39 is 0 Å². The summed E-state index contributed by atoms with van der Waals surface area (Å²) in [6.45, 7) is 3.76. The number of rotatable bonds is 2. The number of amides is 1. The minimum atomic E-state index is 0. The van der Waals surface area contributed by atoms with Crippen molar-refractivity contribution in [3.8, 4) is 0 Å². The Balaban J connectivity index is 0.00000144. The van der Waals surface area contributed by atoms with Gasteiger partial charge in [0.25, 0.3) is 5.91 Å². The van der Waals surface area contributed by atoms with Crippen LogP contribution in [-0.2, 0) is 0 Å². The molecule has 94 valence electrons. The highest BCUT2D eigenvalue weighted by Crippen LogP contribution is 2.18. The van der Waals surface area contributed by atoms with Crippen LogP contribution >= 0.6 is 28.3 Å². The molecule has 1 heterocycles. The van der Waals surface area contributed by atoms with Crippen LogP contribution in [0.15, 0.2) is 22.7 Å². The highest BCUT2D eigenvalue weighted by atomic mass is 79.9. The van der Waals surface area contributed by atoms with Gasteiger partial charge in [-0.05, 0) is 24.6 Å². The van der Waals surface area contributed by atoms with E-state index in [0.717, 1.165) is 28.7 Å². The van der Waals surface area contributed by atoms with Crippen molar-refractivity contribution < 1.29 is 4.79 Å². The highest BCUT2D eigenvalue weighted by Gasteiger charge is 2.26. The van der Waals surface area contributed by atoms with Crippen LogP contribution in [0, 0.1) is 6.92 Å². The van der Waals surface area contributed by atoms with Crippen LogP contribution in [0.4, 0.5) is 0 Å². The average Bonchev–Trinajstić information content (AvgIpc) is 2.18. The van der Waals surface area contributed by atoms with Crippen LogP contribution in [-0.4, -0.2) is 37.0 Å². The molecule has 1 N–H and O–H groups in total. The normalized spacial score (nSPS) is 14.8. The lowest BCUT2D eigenvalue weighted by Crippen LogP contribution is -2.57. The quantitative estimate of drug-likeness (QED) is 0.906. The maximum atomic E-state index is 12.2. The SMILES string of the molecule is Cc1ccc(Br)cc1C(=O)N(C)C1CNC1.Cl. The smallest absolute Gasteiger partial charge is 0.254 e. The number of benzene rings is 1. The van der Waals surface area contributed by atoms with Crippen molar-refractivity contribution in [3.63, 3.8) is 0 Å². The fraction of sp³-hybridized carbons (Fsp3) is 0.417. The molecule has 1 aliphatic rings. The van der Waals surface area contributed by atoms with Crippen molar-refractivity contribution >= 4 is 34.2 Å². The monoisotopic (exact) mass is 318 g/mol. The summed E-state index contributed by atoms with van der Waals surface area (Å²) in [4.78, 5) is 14.1. The van der Waals surface area contributed by atoms with Crippen molar-refractivity contribution in [2.24, 2.45) is 0 Å². The number of hydrogen-bond acceptors (Lipinski definition) is 2. The molecule has 0 unspecified atom stereocenters. The summed E-state index contributed by atoms with van der Waals surface area (Å²) in [6, 6.07) is 6.15. The molecular formula is C12H16BrClN2O. The van der Waals surface area contributed by atoms with Gasteiger partial charge < -0.3 is 10.2 Å². The Morgan fingerprint density at radius 2 is 2.12 bits per heavy atom. The number of carbonyl (C=O) groups is 1. The van der Waals surface area contributed by atoms with Gasteiger partial charge in [-0.3, -0.25) is 4.79 Å². The second kappa shape index (κ2) is 5.85. The molecule has 0 aromatic heterocycles. The molecule has 0 spiro atoms. The summed E-state index contributed by atoms with van der Waals surface area (Å²) in [5.41, 5.74) is 1.80. The number of aryl methyl sites for hydroxylation is 1. The predicted octanol–water partition coefficient (Wildman–Crippen LogP) is 2.22. The molecule has 0 bridgehead atoms. The first-order valence-electron chi connectivity index (χ1n) is 5.33. The van der Waals surface area contributed by atoms with E-state index in [9.17, 15) is 4.79 Å². The van der Waals surface area contributed by atoms with Gasteiger partial charge in [0.1, 0.15) is 0 Å². The molecule has 3 nitrogen and oxygen atoms in total. The Bertz CT molecular complexity index is 421. The van der Waals surface area contributed by atoms with Gasteiger partial charge >= 0.3 is 0 Å². The van der Waals surface area contributed by atoms with Crippen molar-refractivity contribution in [2.45, 2.75) is 13.0 Å². The molecule has 2 rings (SSSR count). The van der Waals surface area contributed by atoms with Gasteiger partial charge in [0.2, 0.25) is 0 Å². The Morgan fingerprint density at radius 1 is 1.47 bits per heavy atom. The molecule has 1 saturated heterocycles. The third-order valence-corrected chi connectivity index (χ3v) is 3.55. The van der Waals surface area contributed by atoms with Gasteiger partial charge in [-0.25, -0.2) is 0 Å². The van der Waals surface area contributed by atoms with Crippen LogP contribution in [0.5, 0.6) is 0 Å². The molecule has 1 aromatic rings. The van der Waals surface area contributed by atoms with E-state index in [1.807, 2.05) is 37.1 Å². The van der Waals surface area contributed by atoms with E-state index in [1.54, 1.807) is 0 Å². The number of nitrogens with zero attached hydrogens (tertiary/aromatic N) is 1. The number of likely N-dealkylation sites (N-methyl/N-ethyl adjacent to an activating group) is 1. The van der Waals surface area contributed by atoms with Gasteiger partial charge in [0.15, 0.2) is 0 Å². The van der Waals surface area contributed by atoms with Gasteiger partial charge in [0.05, 0.1) is 6.04 Å². The molecular weight excluding hydrogens is 304 g/mol. The fourth-order valence-corrected chi connectivity index (χ4v) is 2.09. The number of nitrogens with one attached hydrogen (secondary N) is 1. The summed E-state index contributed by atoms with van der Waals surface area (Å²) in [5.74, 6) is 0.102. The summed E-state index contributed by atoms with van der Waals surface area (Å²) in [5, 5.41) is 3.17. The maximum absolute atomic E-state index is 12.2. The Hall–Kier alpha value is -0.580. The van der Waals surface area contributed by atoms with E-state index in [-0.39, 0.29) is 18.3 Å². The molecule has 1 aromatic carbocycles. The largest absolute Gasteiger partial charge is 0.336 e. The number of carbonyl (C=O) groups excluding carboxylic acids is 1. The Morgan fingerprint density at radius 3 is 2.65 bits per heavy atom. The van der Waals surface area contributed by atoms with E-state index >= 15 is 0 Å². The second-order valence-corrected chi connectivity index (χ2v) is 5.10. The number of hydrogen-bond donors (Lipinski definition) is 1. The Labute approximate surface area is 116 Å². The predicted molar refractivity (Wildman–Crippen MR) is 74.9 cm³/mol. The maximum Gasteiger partial charge on any atom is 0.254 e. The third-order valence-electron chi connectivity index (χ3n) is 3.06. The van der Waals surface area contributed by atoms with E-state index in [0.29, 0.717) is 6.04 Å². The van der Waals surface area contributed by atoms with Gasteiger partial charge in [-0.1, -0.05) is 22.0 Å². The van der Waals surface area contributed by atoms with Crippen LogP contribution < -0.4 is 5.32 Å². The zero-order chi connectivity index (χ0) is 11.7. The van der Waals surface area contributed by atoms with E-state index in [4.69, 9.17) is 0 Å². The van der Waals surface area contributed by atoms with E-state index in [1.165, 1.54) is 0 Å². The zero-order valence-corrected chi connectivity index (χ0v) is 12.3. The van der Waals surface area contributed by atoms with Crippen molar-refractivity contribution in [1.29, 1.82) is 0 Å². The summed E-state index contributed by atoms with van der Waals surface area (Å²) in [6.07, 6.45) is 0. The first kappa shape index (κ1) is 14.5. The summed E-state index contributed by atoms with van der Waals surface area (Å²) < 4.78 is 0.946. The standard InChI is InChI=1S/C12H15BrN2O.ClH/c1-8-3-4-9(13)5-11(8)12(16)15(2)10-6-14-7-10;/h3-5,10,14H,6-7H2,1-2H3;1H. The molecule has 0 aliphatic carbocycles. The molecule has 1 aliphatic heterocycles. The lowest BCUT2D eigenvalue weighted by Gasteiger charge is -2.35. The zero-order valence-electron chi connectivity index (χ0n) is 9.87. The molecule has 5 heteroatoms. The molecule has 1 amide bonds. The topological polar surface area (TPSA) is 32.3 Å². The first-order chi connectivity index (χ1) is 7.59. The average molecular weight is 320 g/mol. The molecule has 1 fully saturated rings. The lowest BCUT2D eigenvalue weighted by atomic mass is 10.1. The highest BCUT2D eigenvalue weighted by molar-refractivity contribution is 9.10. The second-order valence-electron chi connectivity index (χ2n) is 4.19.